The molecule has 0 saturated carbocycles. The number of hydrogen-bond donors (Lipinski definition) is 1. The number of rotatable bonds is 2. The summed E-state index contributed by atoms with van der Waals surface area (Å²) in [6.07, 6.45) is 6.84. The molecule has 0 fully saturated rings. The van der Waals surface area contributed by atoms with Crippen molar-refractivity contribution in [3.8, 4) is 12.3 Å². The molecule has 1 aromatic rings. The van der Waals surface area contributed by atoms with E-state index in [1.54, 1.807) is 6.42 Å². The van der Waals surface area contributed by atoms with Crippen molar-refractivity contribution in [1.29, 1.82) is 0 Å². The minimum atomic E-state index is 0.562. The monoisotopic (exact) mass is 144 g/mol. The molecule has 0 bridgehead atoms. The van der Waals surface area contributed by atoms with Crippen LogP contribution in [-0.4, -0.2) is 0 Å². The lowest BCUT2D eigenvalue weighted by molar-refractivity contribution is 1.07. The fraction of sp³-hybridized carbons (Fsp3) is 0.100. The van der Waals surface area contributed by atoms with Crippen LogP contribution in [0.15, 0.2) is 24.3 Å². The molecule has 1 aromatic carbocycles. The minimum Gasteiger partial charge on any atom is -0.326 e. The normalized spacial score (nSPS) is 9.09. The van der Waals surface area contributed by atoms with Gasteiger partial charge in [0.2, 0.25) is 0 Å². The molecule has 0 heterocycles. The summed E-state index contributed by atoms with van der Waals surface area (Å²) in [4.78, 5) is 0. The van der Waals surface area contributed by atoms with Crippen molar-refractivity contribution in [2.24, 2.45) is 5.73 Å². The summed E-state index contributed by atoms with van der Waals surface area (Å²) in [5.41, 5.74) is 7.59. The number of terminal acetylenes is 1. The maximum absolute atomic E-state index is 5.45. The van der Waals surface area contributed by atoms with E-state index in [-0.39, 0.29) is 0 Å². The Bertz CT molecular complexity index is 270. The van der Waals surface area contributed by atoms with Crippen LogP contribution in [0.25, 0.3) is 0 Å². The molecule has 0 saturated heterocycles. The van der Waals surface area contributed by atoms with Crippen LogP contribution in [0.1, 0.15) is 11.1 Å². The smallest absolute Gasteiger partial charge is 0.0628 e. The molecule has 11 heavy (non-hydrogen) atoms. The Balaban J connectivity index is 2.84. The van der Waals surface area contributed by atoms with E-state index in [4.69, 9.17) is 12.2 Å². The molecular formula is C10H10N. The van der Waals surface area contributed by atoms with Gasteiger partial charge in [0.1, 0.15) is 0 Å². The topological polar surface area (TPSA) is 26.0 Å². The summed E-state index contributed by atoms with van der Waals surface area (Å²) in [6.45, 7) is 0.562. The van der Waals surface area contributed by atoms with Crippen LogP contribution in [0.3, 0.4) is 0 Å². The van der Waals surface area contributed by atoms with E-state index in [1.807, 2.05) is 24.3 Å². The first kappa shape index (κ1) is 7.84. The third-order valence-electron chi connectivity index (χ3n) is 1.44. The van der Waals surface area contributed by atoms with E-state index in [2.05, 4.69) is 5.92 Å². The van der Waals surface area contributed by atoms with Crippen molar-refractivity contribution in [3.63, 3.8) is 0 Å². The maximum atomic E-state index is 5.45. The molecule has 0 amide bonds. The van der Waals surface area contributed by atoms with Gasteiger partial charge in [-0.25, -0.2) is 0 Å². The number of nitrogens with two attached hydrogens (primary N) is 1. The molecule has 0 aromatic heterocycles. The van der Waals surface area contributed by atoms with Crippen LogP contribution < -0.4 is 5.73 Å². The molecule has 0 aliphatic carbocycles. The minimum absolute atomic E-state index is 0.562. The lowest BCUT2D eigenvalue weighted by Gasteiger charge is -1.98. The zero-order chi connectivity index (χ0) is 8.10. The highest BCUT2D eigenvalue weighted by Crippen LogP contribution is 2.05. The summed E-state index contributed by atoms with van der Waals surface area (Å²) >= 11 is 0. The summed E-state index contributed by atoms with van der Waals surface area (Å²) in [5, 5.41) is 0. The molecule has 0 aliphatic heterocycles. The Labute approximate surface area is 67.2 Å². The zero-order valence-corrected chi connectivity index (χ0v) is 6.25. The third kappa shape index (κ3) is 2.10. The summed E-state index contributed by atoms with van der Waals surface area (Å²) < 4.78 is 0. The van der Waals surface area contributed by atoms with Crippen LogP contribution >= 0.6 is 0 Å². The molecule has 2 N–H and O–H groups in total. The van der Waals surface area contributed by atoms with Gasteiger partial charge >= 0.3 is 0 Å². The first-order valence-electron chi connectivity index (χ1n) is 3.45. The molecule has 0 unspecified atom stereocenters. The van der Waals surface area contributed by atoms with Gasteiger partial charge in [-0.2, -0.15) is 0 Å². The van der Waals surface area contributed by atoms with Gasteiger partial charge < -0.3 is 5.73 Å². The summed E-state index contributed by atoms with van der Waals surface area (Å²) in [5.74, 6) is 2.47. The molecule has 55 valence electrons. The van der Waals surface area contributed by atoms with Crippen LogP contribution in [-0.2, 0) is 6.54 Å². The molecule has 0 aliphatic rings. The first-order chi connectivity index (χ1) is 5.36. The highest BCUT2D eigenvalue weighted by atomic mass is 14.5. The number of benzene rings is 1. The van der Waals surface area contributed by atoms with Crippen LogP contribution in [0.5, 0.6) is 0 Å². The van der Waals surface area contributed by atoms with Crippen molar-refractivity contribution < 1.29 is 0 Å². The predicted molar refractivity (Wildman–Crippen MR) is 46.6 cm³/mol. The van der Waals surface area contributed by atoms with E-state index < -0.39 is 0 Å². The van der Waals surface area contributed by atoms with E-state index in [0.717, 1.165) is 11.1 Å². The van der Waals surface area contributed by atoms with Crippen LogP contribution in [0.4, 0.5) is 0 Å². The molecule has 1 nitrogen and oxygen atoms in total. The van der Waals surface area contributed by atoms with Crippen molar-refractivity contribution in [3.05, 3.63) is 41.8 Å². The fourth-order valence-electron chi connectivity index (χ4n) is 0.906. The largest absolute Gasteiger partial charge is 0.326 e. The molecule has 0 spiro atoms. The van der Waals surface area contributed by atoms with Gasteiger partial charge in [-0.1, -0.05) is 30.2 Å². The quantitative estimate of drug-likeness (QED) is 0.622. The maximum Gasteiger partial charge on any atom is 0.0628 e. The molecule has 1 heteroatoms. The number of hydrogen-bond acceptors (Lipinski definition) is 1. The van der Waals surface area contributed by atoms with Gasteiger partial charge in [0.05, 0.1) is 6.42 Å². The molecule has 1 rings (SSSR count). The highest BCUT2D eigenvalue weighted by Gasteiger charge is 1.91. The van der Waals surface area contributed by atoms with Crippen LogP contribution in [0.2, 0.25) is 0 Å². The molecule has 1 radical (unpaired) electrons. The predicted octanol–water partition coefficient (Wildman–Crippen LogP) is 1.33. The second kappa shape index (κ2) is 3.80. The Kier molecular flexibility index (Phi) is 2.71. The Morgan fingerprint density at radius 3 is 3.00 bits per heavy atom. The van der Waals surface area contributed by atoms with Gasteiger partial charge in [0.15, 0.2) is 0 Å². The molecular weight excluding hydrogens is 134 g/mol. The second-order valence-corrected chi connectivity index (χ2v) is 2.26. The van der Waals surface area contributed by atoms with Gasteiger partial charge in [0.25, 0.3) is 0 Å². The lowest BCUT2D eigenvalue weighted by Crippen LogP contribution is -1.96. The van der Waals surface area contributed by atoms with Crippen molar-refractivity contribution in [2.45, 2.75) is 6.54 Å². The van der Waals surface area contributed by atoms with Gasteiger partial charge in [-0.05, 0) is 11.1 Å². The van der Waals surface area contributed by atoms with E-state index in [0.29, 0.717) is 6.54 Å². The lowest BCUT2D eigenvalue weighted by atomic mass is 10.1. The second-order valence-electron chi connectivity index (χ2n) is 2.26. The van der Waals surface area contributed by atoms with Crippen molar-refractivity contribution in [2.75, 3.05) is 0 Å². The van der Waals surface area contributed by atoms with Gasteiger partial charge in [-0.3, -0.25) is 0 Å². The van der Waals surface area contributed by atoms with Crippen molar-refractivity contribution >= 4 is 0 Å². The third-order valence-corrected chi connectivity index (χ3v) is 1.44. The fourth-order valence-corrected chi connectivity index (χ4v) is 0.906. The van der Waals surface area contributed by atoms with Crippen LogP contribution in [0, 0.1) is 18.8 Å². The highest BCUT2D eigenvalue weighted by molar-refractivity contribution is 5.34. The summed E-state index contributed by atoms with van der Waals surface area (Å²) in [6, 6.07) is 7.87. The van der Waals surface area contributed by atoms with E-state index in [9.17, 15) is 0 Å². The van der Waals surface area contributed by atoms with E-state index >= 15 is 0 Å². The van der Waals surface area contributed by atoms with E-state index in [1.165, 1.54) is 0 Å². The average Bonchev–Trinajstić information content (AvgIpc) is 2.06. The Morgan fingerprint density at radius 1 is 1.55 bits per heavy atom. The van der Waals surface area contributed by atoms with Gasteiger partial charge in [0, 0.05) is 6.54 Å². The Morgan fingerprint density at radius 2 is 2.36 bits per heavy atom. The summed E-state index contributed by atoms with van der Waals surface area (Å²) in [7, 11) is 0. The zero-order valence-electron chi connectivity index (χ0n) is 6.25. The van der Waals surface area contributed by atoms with Crippen molar-refractivity contribution in [1.82, 2.24) is 0 Å². The SMILES string of the molecule is C#C[CH]c1cccc(CN)c1. The van der Waals surface area contributed by atoms with Gasteiger partial charge in [-0.15, -0.1) is 6.42 Å². The first-order valence-corrected chi connectivity index (χ1v) is 3.45. The average molecular weight is 144 g/mol. The standard InChI is InChI=1S/C10H10N/c1-2-4-9-5-3-6-10(7-9)8-11/h1,3-7H,8,11H2. The molecule has 0 atom stereocenters. The Hall–Kier alpha value is -1.26.